The molecule has 1 aliphatic rings. The predicted molar refractivity (Wildman–Crippen MR) is 114 cm³/mol. The molecule has 3 aromatic rings. The molecule has 8 nitrogen and oxygen atoms in total. The first-order valence-electron chi connectivity index (χ1n) is 8.50. The minimum absolute atomic E-state index is 0.000643. The van der Waals surface area contributed by atoms with Gasteiger partial charge in [0.25, 0.3) is 0 Å². The van der Waals surface area contributed by atoms with Crippen molar-refractivity contribution in [3.05, 3.63) is 75.5 Å². The fourth-order valence-corrected chi connectivity index (χ4v) is 4.70. The number of thiazole rings is 1. The Hall–Kier alpha value is -3.10. The number of nitrogens with zero attached hydrogens (tertiary/aromatic N) is 2. The van der Waals surface area contributed by atoms with Crippen molar-refractivity contribution in [2.45, 2.75) is 10.8 Å². The molecule has 0 saturated carbocycles. The highest BCUT2D eigenvalue weighted by atomic mass is 35.5. The number of ether oxygens (including phenoxy) is 1. The number of hydrogen-bond acceptors (Lipinski definition) is 8. The van der Waals surface area contributed by atoms with E-state index in [1.165, 1.54) is 23.5 Å². The normalized spacial score (nSPS) is 15.8. The van der Waals surface area contributed by atoms with Gasteiger partial charge in [0, 0.05) is 10.7 Å². The van der Waals surface area contributed by atoms with Gasteiger partial charge in [0.05, 0.1) is 15.7 Å². The van der Waals surface area contributed by atoms with Crippen LogP contribution in [-0.4, -0.2) is 13.4 Å². The lowest BCUT2D eigenvalue weighted by Crippen LogP contribution is -2.20. The van der Waals surface area contributed by atoms with Gasteiger partial charge in [0.2, 0.25) is 21.8 Å². The molecule has 4 rings (SSSR count). The second-order valence-corrected chi connectivity index (χ2v) is 9.39. The number of primary sulfonamides is 1. The molecule has 2 aromatic carbocycles. The minimum atomic E-state index is -3.77. The zero-order valence-electron chi connectivity index (χ0n) is 15.2. The zero-order valence-corrected chi connectivity index (χ0v) is 17.6. The van der Waals surface area contributed by atoms with E-state index in [9.17, 15) is 13.7 Å². The Morgan fingerprint density at radius 3 is 2.43 bits per heavy atom. The van der Waals surface area contributed by atoms with Crippen LogP contribution in [0.5, 0.6) is 5.88 Å². The van der Waals surface area contributed by atoms with E-state index in [2.05, 4.69) is 16.4 Å². The van der Waals surface area contributed by atoms with E-state index in [-0.39, 0.29) is 16.4 Å². The smallest absolute Gasteiger partial charge is 0.238 e. The molecular weight excluding hydrogens is 446 g/mol. The van der Waals surface area contributed by atoms with E-state index in [0.717, 1.165) is 5.56 Å². The van der Waals surface area contributed by atoms with Crippen LogP contribution in [0.4, 0.5) is 10.8 Å². The molecule has 2 heterocycles. The van der Waals surface area contributed by atoms with Crippen LogP contribution in [0.15, 0.2) is 64.9 Å². The van der Waals surface area contributed by atoms with Crippen LogP contribution >= 0.6 is 22.9 Å². The quantitative estimate of drug-likeness (QED) is 0.542. The lowest BCUT2D eigenvalue weighted by molar-refractivity contribution is 0.383. The molecule has 0 amide bonds. The van der Waals surface area contributed by atoms with Crippen LogP contribution < -0.4 is 20.9 Å². The molecule has 152 valence electrons. The van der Waals surface area contributed by atoms with Crippen molar-refractivity contribution in [3.8, 4) is 11.9 Å². The first kappa shape index (κ1) is 20.2. The molecule has 0 saturated heterocycles. The number of hydrogen-bond donors (Lipinski definition) is 3. The van der Waals surface area contributed by atoms with Crippen LogP contribution in [0.1, 0.15) is 16.4 Å². The van der Waals surface area contributed by atoms with Gasteiger partial charge < -0.3 is 15.8 Å². The Kier molecular flexibility index (Phi) is 5.13. The number of nitriles is 1. The average Bonchev–Trinajstić information content (AvgIpc) is 3.09. The molecule has 0 spiro atoms. The third kappa shape index (κ3) is 3.83. The van der Waals surface area contributed by atoms with E-state index in [4.69, 9.17) is 27.2 Å². The lowest BCUT2D eigenvalue weighted by Gasteiger charge is -2.22. The summed E-state index contributed by atoms with van der Waals surface area (Å²) in [7, 11) is -3.77. The molecule has 0 bridgehead atoms. The van der Waals surface area contributed by atoms with E-state index in [1.54, 1.807) is 24.3 Å². The number of aromatic nitrogens is 1. The number of anilines is 2. The average molecular weight is 460 g/mol. The first-order chi connectivity index (χ1) is 14.3. The molecule has 1 aromatic heterocycles. The number of benzene rings is 2. The maximum atomic E-state index is 11.4. The molecule has 0 aliphatic carbocycles. The number of sulfonamides is 1. The summed E-state index contributed by atoms with van der Waals surface area (Å²) in [4.78, 5) is 5.14. The summed E-state index contributed by atoms with van der Waals surface area (Å²) in [5, 5.41) is 18.9. The van der Waals surface area contributed by atoms with Gasteiger partial charge in [0.15, 0.2) is 5.13 Å². The number of nitrogens with two attached hydrogens (primary N) is 2. The summed E-state index contributed by atoms with van der Waals surface area (Å²) in [6.45, 7) is 0. The number of allylic oxidation sites excluding steroid dienone is 1. The Bertz CT molecular complexity index is 1290. The fraction of sp³-hybridized carbons (Fsp3) is 0.0526. The zero-order chi connectivity index (χ0) is 21.5. The molecule has 5 N–H and O–H groups in total. The van der Waals surface area contributed by atoms with Crippen molar-refractivity contribution in [3.63, 3.8) is 0 Å². The topological polar surface area (TPSA) is 144 Å². The summed E-state index contributed by atoms with van der Waals surface area (Å²) < 4.78 is 28.4. The second-order valence-electron chi connectivity index (χ2n) is 6.36. The monoisotopic (exact) mass is 459 g/mol. The number of halogens is 1. The summed E-state index contributed by atoms with van der Waals surface area (Å²) in [5.41, 5.74) is 7.69. The van der Waals surface area contributed by atoms with Crippen LogP contribution in [0.2, 0.25) is 5.02 Å². The van der Waals surface area contributed by atoms with Crippen LogP contribution in [0.3, 0.4) is 0 Å². The number of rotatable bonds is 4. The Labute approximate surface area is 181 Å². The van der Waals surface area contributed by atoms with Gasteiger partial charge >= 0.3 is 0 Å². The van der Waals surface area contributed by atoms with Gasteiger partial charge in [0.1, 0.15) is 11.6 Å². The van der Waals surface area contributed by atoms with Gasteiger partial charge in [-0.2, -0.15) is 10.2 Å². The van der Waals surface area contributed by atoms with Gasteiger partial charge in [-0.25, -0.2) is 13.6 Å². The summed E-state index contributed by atoms with van der Waals surface area (Å²) in [5.74, 6) is -0.131. The van der Waals surface area contributed by atoms with E-state index in [0.29, 0.717) is 26.6 Å². The molecule has 0 fully saturated rings. The second kappa shape index (κ2) is 7.62. The number of fused-ring (bicyclic) bond motifs is 1. The standard InChI is InChI=1S/C19H14ClN5O3S2/c20-11-3-1-10(2-4-11)15-14(9-21)17(22)28-18-16(15)29-19(25-18)24-12-5-7-13(8-6-12)30(23,26)27/h1-8,15H,22H2,(H,24,25)(H2,23,26,27). The minimum Gasteiger partial charge on any atom is -0.421 e. The SMILES string of the molecule is N#CC1=C(N)Oc2nc(Nc3ccc(S(N)(=O)=O)cc3)sc2C1c1ccc(Cl)cc1. The van der Waals surface area contributed by atoms with Gasteiger partial charge in [-0.15, -0.1) is 0 Å². The molecule has 0 radical (unpaired) electrons. The third-order valence-corrected chi connectivity index (χ3v) is 6.60. The van der Waals surface area contributed by atoms with Gasteiger partial charge in [-0.1, -0.05) is 35.1 Å². The highest BCUT2D eigenvalue weighted by Crippen LogP contribution is 2.46. The largest absolute Gasteiger partial charge is 0.421 e. The van der Waals surface area contributed by atoms with Gasteiger partial charge in [-0.3, -0.25) is 0 Å². The fourth-order valence-electron chi connectivity index (χ4n) is 3.00. The summed E-state index contributed by atoms with van der Waals surface area (Å²) >= 11 is 7.30. The van der Waals surface area contributed by atoms with Crippen LogP contribution in [0.25, 0.3) is 0 Å². The molecule has 1 aliphatic heterocycles. The van der Waals surface area contributed by atoms with Crippen molar-refractivity contribution < 1.29 is 13.2 Å². The first-order valence-corrected chi connectivity index (χ1v) is 11.2. The van der Waals surface area contributed by atoms with Crippen molar-refractivity contribution in [2.75, 3.05) is 5.32 Å². The summed E-state index contributed by atoms with van der Waals surface area (Å²) in [6, 6.07) is 15.2. The molecular formula is C19H14ClN5O3S2. The molecule has 30 heavy (non-hydrogen) atoms. The van der Waals surface area contributed by atoms with E-state index in [1.807, 2.05) is 12.1 Å². The maximum absolute atomic E-state index is 11.4. The molecule has 1 unspecified atom stereocenters. The Morgan fingerprint density at radius 2 is 1.83 bits per heavy atom. The highest BCUT2D eigenvalue weighted by Gasteiger charge is 2.34. The third-order valence-electron chi connectivity index (χ3n) is 4.40. The van der Waals surface area contributed by atoms with E-state index < -0.39 is 15.9 Å². The van der Waals surface area contributed by atoms with Crippen molar-refractivity contribution in [1.29, 1.82) is 5.26 Å². The highest BCUT2D eigenvalue weighted by molar-refractivity contribution is 7.89. The van der Waals surface area contributed by atoms with Crippen molar-refractivity contribution in [2.24, 2.45) is 10.9 Å². The molecule has 1 atom stereocenters. The number of nitrogens with one attached hydrogen (secondary N) is 1. The van der Waals surface area contributed by atoms with Crippen molar-refractivity contribution in [1.82, 2.24) is 4.98 Å². The van der Waals surface area contributed by atoms with Crippen LogP contribution in [-0.2, 0) is 10.0 Å². The maximum Gasteiger partial charge on any atom is 0.238 e. The lowest BCUT2D eigenvalue weighted by atomic mass is 9.89. The van der Waals surface area contributed by atoms with Crippen molar-refractivity contribution >= 4 is 43.8 Å². The molecule has 11 heteroatoms. The van der Waals surface area contributed by atoms with Gasteiger partial charge in [-0.05, 0) is 42.0 Å². The van der Waals surface area contributed by atoms with E-state index >= 15 is 0 Å². The Morgan fingerprint density at radius 1 is 1.17 bits per heavy atom. The predicted octanol–water partition coefficient (Wildman–Crippen LogP) is 3.41. The summed E-state index contributed by atoms with van der Waals surface area (Å²) in [6.07, 6.45) is 0. The Balaban J connectivity index is 1.69. The van der Waals surface area contributed by atoms with Crippen LogP contribution in [0, 0.1) is 11.3 Å².